The van der Waals surface area contributed by atoms with E-state index in [0.717, 1.165) is 0 Å². The number of ether oxygens (including phenoxy) is 1. The largest absolute Gasteiger partial charge is 0.507 e. The van der Waals surface area contributed by atoms with Crippen LogP contribution in [-0.2, 0) is 9.53 Å². The molecule has 1 aromatic rings. The molecule has 1 rings (SSSR count). The number of aromatic hydroxyl groups is 1. The van der Waals surface area contributed by atoms with E-state index in [1.807, 2.05) is 0 Å². The first-order valence-corrected chi connectivity index (χ1v) is 6.34. The molecule has 0 saturated carbocycles. The Labute approximate surface area is 116 Å². The van der Waals surface area contributed by atoms with Crippen LogP contribution in [0, 0.1) is 0 Å². The molecule has 6 heteroatoms. The molecular formula is C13H16ClNO4. The second-order valence-electron chi connectivity index (χ2n) is 3.83. The van der Waals surface area contributed by atoms with E-state index in [0.29, 0.717) is 24.6 Å². The maximum atomic E-state index is 11.7. The van der Waals surface area contributed by atoms with Crippen molar-refractivity contribution in [1.29, 1.82) is 0 Å². The van der Waals surface area contributed by atoms with Crippen LogP contribution in [0.15, 0.2) is 18.2 Å². The van der Waals surface area contributed by atoms with Crippen molar-refractivity contribution < 1.29 is 19.4 Å². The number of rotatable bonds is 6. The van der Waals surface area contributed by atoms with Gasteiger partial charge in [-0.05, 0) is 31.5 Å². The molecule has 2 N–H and O–H groups in total. The molecule has 0 unspecified atom stereocenters. The Balaban J connectivity index is 2.37. The van der Waals surface area contributed by atoms with E-state index in [4.69, 9.17) is 16.3 Å². The van der Waals surface area contributed by atoms with E-state index in [1.165, 1.54) is 18.2 Å². The number of carbonyl (C=O) groups excluding carboxylic acids is 2. The molecule has 0 spiro atoms. The van der Waals surface area contributed by atoms with E-state index in [9.17, 15) is 14.7 Å². The molecule has 0 bridgehead atoms. The molecule has 104 valence electrons. The summed E-state index contributed by atoms with van der Waals surface area (Å²) in [5.74, 6) is -0.862. The van der Waals surface area contributed by atoms with Crippen LogP contribution in [-0.4, -0.2) is 30.1 Å². The molecule has 0 atom stereocenters. The molecule has 1 amide bonds. The fourth-order valence-corrected chi connectivity index (χ4v) is 1.63. The number of amides is 1. The smallest absolute Gasteiger partial charge is 0.305 e. The highest BCUT2D eigenvalue weighted by atomic mass is 35.5. The topological polar surface area (TPSA) is 75.6 Å². The maximum Gasteiger partial charge on any atom is 0.305 e. The molecule has 0 heterocycles. The molecule has 0 saturated heterocycles. The van der Waals surface area contributed by atoms with Crippen LogP contribution < -0.4 is 5.32 Å². The number of phenols is 1. The summed E-state index contributed by atoms with van der Waals surface area (Å²) in [4.78, 5) is 22.8. The van der Waals surface area contributed by atoms with Crippen molar-refractivity contribution in [2.75, 3.05) is 13.2 Å². The monoisotopic (exact) mass is 285 g/mol. The minimum Gasteiger partial charge on any atom is -0.507 e. The number of benzene rings is 1. The second kappa shape index (κ2) is 7.63. The summed E-state index contributed by atoms with van der Waals surface area (Å²) < 4.78 is 4.76. The SMILES string of the molecule is CCOC(=O)CCCNC(=O)c1ccc(Cl)cc1O. The van der Waals surface area contributed by atoms with Gasteiger partial charge in [0.05, 0.1) is 12.2 Å². The number of hydrogen-bond donors (Lipinski definition) is 2. The normalized spacial score (nSPS) is 10.0. The van der Waals surface area contributed by atoms with Gasteiger partial charge in [-0.15, -0.1) is 0 Å². The minimum atomic E-state index is -0.405. The summed E-state index contributed by atoms with van der Waals surface area (Å²) in [5, 5.41) is 12.5. The fourth-order valence-electron chi connectivity index (χ4n) is 1.46. The van der Waals surface area contributed by atoms with E-state index in [1.54, 1.807) is 6.92 Å². The third-order valence-corrected chi connectivity index (χ3v) is 2.59. The summed E-state index contributed by atoms with van der Waals surface area (Å²) >= 11 is 5.67. The summed E-state index contributed by atoms with van der Waals surface area (Å²) in [6.45, 7) is 2.42. The standard InChI is InChI=1S/C13H16ClNO4/c1-2-19-12(17)4-3-7-15-13(18)10-6-5-9(14)8-11(10)16/h5-6,8,16H,2-4,7H2,1H3,(H,15,18). The number of phenolic OH excluding ortho intramolecular Hbond substituents is 1. The zero-order chi connectivity index (χ0) is 14.3. The summed E-state index contributed by atoms with van der Waals surface area (Å²) in [6, 6.07) is 4.27. The average molecular weight is 286 g/mol. The van der Waals surface area contributed by atoms with Crippen LogP contribution in [0.3, 0.4) is 0 Å². The molecule has 0 aliphatic heterocycles. The van der Waals surface area contributed by atoms with Crippen LogP contribution in [0.25, 0.3) is 0 Å². The molecule has 5 nitrogen and oxygen atoms in total. The highest BCUT2D eigenvalue weighted by Crippen LogP contribution is 2.21. The van der Waals surface area contributed by atoms with Crippen molar-refractivity contribution in [3.8, 4) is 5.75 Å². The lowest BCUT2D eigenvalue weighted by Crippen LogP contribution is -2.25. The lowest BCUT2D eigenvalue weighted by molar-refractivity contribution is -0.143. The van der Waals surface area contributed by atoms with Gasteiger partial charge in [-0.3, -0.25) is 9.59 Å². The van der Waals surface area contributed by atoms with Crippen LogP contribution in [0.4, 0.5) is 0 Å². The van der Waals surface area contributed by atoms with Gasteiger partial charge in [0.25, 0.3) is 5.91 Å². The van der Waals surface area contributed by atoms with E-state index in [-0.39, 0.29) is 23.7 Å². The Kier molecular flexibility index (Phi) is 6.15. The van der Waals surface area contributed by atoms with Gasteiger partial charge in [0.1, 0.15) is 5.75 Å². The van der Waals surface area contributed by atoms with Gasteiger partial charge in [0, 0.05) is 18.0 Å². The first kappa shape index (κ1) is 15.3. The maximum absolute atomic E-state index is 11.7. The van der Waals surface area contributed by atoms with E-state index in [2.05, 4.69) is 5.32 Å². The molecule has 1 aromatic carbocycles. The first-order valence-electron chi connectivity index (χ1n) is 5.97. The molecule has 0 aliphatic carbocycles. The van der Waals surface area contributed by atoms with Gasteiger partial charge in [-0.1, -0.05) is 11.6 Å². The van der Waals surface area contributed by atoms with Crippen LogP contribution in [0.5, 0.6) is 5.75 Å². The van der Waals surface area contributed by atoms with E-state index >= 15 is 0 Å². The van der Waals surface area contributed by atoms with Crippen LogP contribution >= 0.6 is 11.6 Å². The Morgan fingerprint density at radius 3 is 2.79 bits per heavy atom. The Morgan fingerprint density at radius 2 is 2.16 bits per heavy atom. The Morgan fingerprint density at radius 1 is 1.42 bits per heavy atom. The molecule has 0 radical (unpaired) electrons. The number of esters is 1. The minimum absolute atomic E-state index is 0.153. The lowest BCUT2D eigenvalue weighted by atomic mass is 10.2. The third kappa shape index (κ3) is 5.18. The summed E-state index contributed by atoms with van der Waals surface area (Å²) in [7, 11) is 0. The average Bonchev–Trinajstić information content (AvgIpc) is 2.34. The lowest BCUT2D eigenvalue weighted by Gasteiger charge is -2.07. The molecule has 0 aromatic heterocycles. The van der Waals surface area contributed by atoms with Crippen molar-refractivity contribution in [3.63, 3.8) is 0 Å². The highest BCUT2D eigenvalue weighted by Gasteiger charge is 2.11. The molecule has 0 aliphatic rings. The number of halogens is 1. The van der Waals surface area contributed by atoms with Crippen molar-refractivity contribution >= 4 is 23.5 Å². The van der Waals surface area contributed by atoms with Crippen molar-refractivity contribution in [3.05, 3.63) is 28.8 Å². The van der Waals surface area contributed by atoms with Crippen LogP contribution in [0.1, 0.15) is 30.1 Å². The summed E-state index contributed by atoms with van der Waals surface area (Å²) in [6.07, 6.45) is 0.736. The van der Waals surface area contributed by atoms with Crippen LogP contribution in [0.2, 0.25) is 5.02 Å². The van der Waals surface area contributed by atoms with Crippen molar-refractivity contribution in [1.82, 2.24) is 5.32 Å². The van der Waals surface area contributed by atoms with Gasteiger partial charge in [-0.25, -0.2) is 0 Å². The zero-order valence-electron chi connectivity index (χ0n) is 10.6. The zero-order valence-corrected chi connectivity index (χ0v) is 11.4. The van der Waals surface area contributed by atoms with Crippen molar-refractivity contribution in [2.45, 2.75) is 19.8 Å². The number of nitrogens with one attached hydrogen (secondary N) is 1. The molecular weight excluding hydrogens is 270 g/mol. The Hall–Kier alpha value is -1.75. The number of hydrogen-bond acceptors (Lipinski definition) is 4. The van der Waals surface area contributed by atoms with Crippen molar-refractivity contribution in [2.24, 2.45) is 0 Å². The predicted molar refractivity (Wildman–Crippen MR) is 71.3 cm³/mol. The molecule has 0 fully saturated rings. The fraction of sp³-hybridized carbons (Fsp3) is 0.385. The highest BCUT2D eigenvalue weighted by molar-refractivity contribution is 6.30. The quantitative estimate of drug-likeness (QED) is 0.620. The van der Waals surface area contributed by atoms with Gasteiger partial charge >= 0.3 is 5.97 Å². The second-order valence-corrected chi connectivity index (χ2v) is 4.26. The Bertz CT molecular complexity index is 462. The van der Waals surface area contributed by atoms with Gasteiger partial charge in [0.15, 0.2) is 0 Å². The predicted octanol–water partition coefficient (Wildman–Crippen LogP) is 2.12. The van der Waals surface area contributed by atoms with E-state index < -0.39 is 5.91 Å². The van der Waals surface area contributed by atoms with Gasteiger partial charge < -0.3 is 15.2 Å². The molecule has 19 heavy (non-hydrogen) atoms. The first-order chi connectivity index (χ1) is 9.04. The van der Waals surface area contributed by atoms with Gasteiger partial charge in [-0.2, -0.15) is 0 Å². The third-order valence-electron chi connectivity index (χ3n) is 2.35. The number of carbonyl (C=O) groups is 2. The summed E-state index contributed by atoms with van der Waals surface area (Å²) in [5.41, 5.74) is 0.153. The van der Waals surface area contributed by atoms with Gasteiger partial charge in [0.2, 0.25) is 0 Å².